The standard InChI is InChI=1S/C20H28O.C2H6/c1-14-6-8-16-15(13-14)7-9-18-17(16)10-11-20(2,3)19(18)5-4-12-21;1-2/h6,8,12-13,17-19H,4-5,7,9-11H2,1-3H3;1-2H3. The highest BCUT2D eigenvalue weighted by Gasteiger charge is 2.45. The number of hydrogen-bond donors (Lipinski definition) is 0. The van der Waals surface area contributed by atoms with Crippen LogP contribution in [0.4, 0.5) is 0 Å². The molecule has 1 heteroatoms. The minimum atomic E-state index is 0.395. The summed E-state index contributed by atoms with van der Waals surface area (Å²) in [5, 5.41) is 0. The molecule has 23 heavy (non-hydrogen) atoms. The smallest absolute Gasteiger partial charge is 0.120 e. The molecule has 128 valence electrons. The van der Waals surface area contributed by atoms with Crippen LogP contribution in [0.2, 0.25) is 0 Å². The van der Waals surface area contributed by atoms with Crippen LogP contribution in [0.3, 0.4) is 0 Å². The van der Waals surface area contributed by atoms with Gasteiger partial charge in [0, 0.05) is 6.42 Å². The summed E-state index contributed by atoms with van der Waals surface area (Å²) in [6.45, 7) is 11.0. The number of aryl methyl sites for hydroxylation is 2. The second-order valence-electron chi connectivity index (χ2n) is 7.89. The van der Waals surface area contributed by atoms with E-state index in [1.165, 1.54) is 31.2 Å². The van der Waals surface area contributed by atoms with Gasteiger partial charge in [0.15, 0.2) is 0 Å². The summed E-state index contributed by atoms with van der Waals surface area (Å²) in [7, 11) is 0. The normalized spacial score (nSPS) is 28.0. The molecule has 0 amide bonds. The highest BCUT2D eigenvalue weighted by atomic mass is 16.1. The first-order valence-electron chi connectivity index (χ1n) is 9.56. The number of carbonyl (C=O) groups excluding carboxylic acids is 1. The fourth-order valence-electron chi connectivity index (χ4n) is 5.06. The van der Waals surface area contributed by atoms with Crippen molar-refractivity contribution in [3.8, 4) is 0 Å². The van der Waals surface area contributed by atoms with Gasteiger partial charge < -0.3 is 4.79 Å². The van der Waals surface area contributed by atoms with Gasteiger partial charge in [0.2, 0.25) is 0 Å². The van der Waals surface area contributed by atoms with Gasteiger partial charge in [-0.2, -0.15) is 0 Å². The fraction of sp³-hybridized carbons (Fsp3) is 0.682. The number of aldehydes is 1. The quantitative estimate of drug-likeness (QED) is 0.618. The van der Waals surface area contributed by atoms with Crippen molar-refractivity contribution in [3.63, 3.8) is 0 Å². The Hall–Kier alpha value is -1.11. The summed E-state index contributed by atoms with van der Waals surface area (Å²) in [6.07, 6.45) is 8.09. The highest BCUT2D eigenvalue weighted by molar-refractivity contribution is 5.49. The van der Waals surface area contributed by atoms with E-state index in [0.717, 1.165) is 31.0 Å². The first kappa shape index (κ1) is 18.2. The Morgan fingerprint density at radius 3 is 2.65 bits per heavy atom. The Kier molecular flexibility index (Phi) is 6.06. The average molecular weight is 315 g/mol. The number of rotatable bonds is 3. The van der Waals surface area contributed by atoms with Crippen molar-refractivity contribution in [1.29, 1.82) is 0 Å². The zero-order valence-electron chi connectivity index (χ0n) is 15.7. The Balaban J connectivity index is 0.000000924. The number of hydrogen-bond acceptors (Lipinski definition) is 1. The van der Waals surface area contributed by atoms with E-state index in [4.69, 9.17) is 0 Å². The highest BCUT2D eigenvalue weighted by Crippen LogP contribution is 2.55. The molecule has 0 heterocycles. The Bertz CT molecular complexity index is 529. The van der Waals surface area contributed by atoms with Crippen LogP contribution in [-0.4, -0.2) is 6.29 Å². The van der Waals surface area contributed by atoms with Crippen LogP contribution in [0.5, 0.6) is 0 Å². The van der Waals surface area contributed by atoms with Gasteiger partial charge in [-0.3, -0.25) is 0 Å². The summed E-state index contributed by atoms with van der Waals surface area (Å²) >= 11 is 0. The first-order chi connectivity index (χ1) is 11.0. The lowest BCUT2D eigenvalue weighted by molar-refractivity contribution is -0.108. The van der Waals surface area contributed by atoms with Gasteiger partial charge in [0.05, 0.1) is 0 Å². The van der Waals surface area contributed by atoms with Gasteiger partial charge in [0.25, 0.3) is 0 Å². The molecule has 1 saturated carbocycles. The molecule has 1 aromatic rings. The van der Waals surface area contributed by atoms with Crippen molar-refractivity contribution >= 4 is 6.29 Å². The van der Waals surface area contributed by atoms with Crippen LogP contribution in [0.1, 0.15) is 82.4 Å². The SMILES string of the molecule is CC.Cc1ccc2c(c1)CCC1C2CCC(C)(C)C1CCC=O. The van der Waals surface area contributed by atoms with Gasteiger partial charge in [-0.05, 0) is 73.3 Å². The monoisotopic (exact) mass is 314 g/mol. The summed E-state index contributed by atoms with van der Waals surface area (Å²) in [5.74, 6) is 2.22. The van der Waals surface area contributed by atoms with Crippen LogP contribution < -0.4 is 0 Å². The van der Waals surface area contributed by atoms with Crippen molar-refractivity contribution in [3.05, 3.63) is 34.9 Å². The summed E-state index contributed by atoms with van der Waals surface area (Å²) < 4.78 is 0. The van der Waals surface area contributed by atoms with E-state index >= 15 is 0 Å². The molecule has 0 N–H and O–H groups in total. The molecule has 2 aliphatic carbocycles. The lowest BCUT2D eigenvalue weighted by Gasteiger charge is -2.51. The molecule has 0 spiro atoms. The van der Waals surface area contributed by atoms with Gasteiger partial charge in [-0.25, -0.2) is 0 Å². The van der Waals surface area contributed by atoms with Crippen molar-refractivity contribution < 1.29 is 4.79 Å². The average Bonchev–Trinajstić information content (AvgIpc) is 2.54. The van der Waals surface area contributed by atoms with Crippen LogP contribution in [0, 0.1) is 24.2 Å². The lowest BCUT2D eigenvalue weighted by atomic mass is 9.54. The second-order valence-corrected chi connectivity index (χ2v) is 7.89. The van der Waals surface area contributed by atoms with Crippen molar-refractivity contribution in [2.24, 2.45) is 17.3 Å². The maximum Gasteiger partial charge on any atom is 0.120 e. The van der Waals surface area contributed by atoms with Gasteiger partial charge in [-0.15, -0.1) is 0 Å². The molecule has 3 atom stereocenters. The van der Waals surface area contributed by atoms with E-state index in [2.05, 4.69) is 39.0 Å². The van der Waals surface area contributed by atoms with E-state index in [1.54, 1.807) is 11.1 Å². The molecular weight excluding hydrogens is 280 g/mol. The molecule has 3 unspecified atom stereocenters. The summed E-state index contributed by atoms with van der Waals surface area (Å²) in [6, 6.07) is 7.06. The molecule has 1 nitrogen and oxygen atoms in total. The molecular formula is C22H34O. The minimum absolute atomic E-state index is 0.395. The molecule has 3 rings (SSSR count). The Morgan fingerprint density at radius 2 is 1.96 bits per heavy atom. The number of fused-ring (bicyclic) bond motifs is 3. The van der Waals surface area contributed by atoms with E-state index in [1.807, 2.05) is 13.8 Å². The Morgan fingerprint density at radius 1 is 1.22 bits per heavy atom. The second kappa shape index (κ2) is 7.64. The summed E-state index contributed by atoms with van der Waals surface area (Å²) in [5.41, 5.74) is 4.99. The topological polar surface area (TPSA) is 17.1 Å². The maximum absolute atomic E-state index is 10.9. The third-order valence-corrected chi connectivity index (χ3v) is 6.18. The molecule has 0 aromatic heterocycles. The van der Waals surface area contributed by atoms with E-state index in [0.29, 0.717) is 11.3 Å². The van der Waals surface area contributed by atoms with Gasteiger partial charge >= 0.3 is 0 Å². The predicted molar refractivity (Wildman–Crippen MR) is 98.9 cm³/mol. The lowest BCUT2D eigenvalue weighted by Crippen LogP contribution is -2.41. The van der Waals surface area contributed by atoms with E-state index in [-0.39, 0.29) is 0 Å². The zero-order chi connectivity index (χ0) is 17.0. The van der Waals surface area contributed by atoms with Gasteiger partial charge in [0.1, 0.15) is 6.29 Å². The van der Waals surface area contributed by atoms with E-state index < -0.39 is 0 Å². The fourth-order valence-corrected chi connectivity index (χ4v) is 5.06. The molecule has 0 bridgehead atoms. The molecule has 1 aromatic carbocycles. The maximum atomic E-state index is 10.9. The third kappa shape index (κ3) is 3.70. The predicted octanol–water partition coefficient (Wildman–Crippen LogP) is 6.08. The van der Waals surface area contributed by atoms with Crippen LogP contribution in [0.25, 0.3) is 0 Å². The van der Waals surface area contributed by atoms with Crippen molar-refractivity contribution in [1.82, 2.24) is 0 Å². The Labute approximate surface area is 142 Å². The number of carbonyl (C=O) groups is 1. The summed E-state index contributed by atoms with van der Waals surface area (Å²) in [4.78, 5) is 10.9. The number of benzene rings is 1. The molecule has 1 fully saturated rings. The van der Waals surface area contributed by atoms with Crippen molar-refractivity contribution in [2.45, 2.75) is 79.1 Å². The molecule has 0 aliphatic heterocycles. The van der Waals surface area contributed by atoms with Crippen LogP contribution >= 0.6 is 0 Å². The molecule has 0 saturated heterocycles. The van der Waals surface area contributed by atoms with Crippen LogP contribution in [-0.2, 0) is 11.2 Å². The van der Waals surface area contributed by atoms with E-state index in [9.17, 15) is 4.79 Å². The molecule has 0 radical (unpaired) electrons. The minimum Gasteiger partial charge on any atom is -0.303 e. The third-order valence-electron chi connectivity index (χ3n) is 6.18. The first-order valence-corrected chi connectivity index (χ1v) is 9.56. The van der Waals surface area contributed by atoms with Crippen LogP contribution in [0.15, 0.2) is 18.2 Å². The zero-order valence-corrected chi connectivity index (χ0v) is 15.7. The van der Waals surface area contributed by atoms with Gasteiger partial charge in [-0.1, -0.05) is 51.5 Å². The van der Waals surface area contributed by atoms with Crippen molar-refractivity contribution in [2.75, 3.05) is 0 Å². The molecule has 2 aliphatic rings. The largest absolute Gasteiger partial charge is 0.303 e.